The zero-order chi connectivity index (χ0) is 19.2. The van der Waals surface area contributed by atoms with E-state index < -0.39 is 12.8 Å². The fourth-order valence-corrected chi connectivity index (χ4v) is 2.09. The van der Waals surface area contributed by atoms with Gasteiger partial charge in [0.15, 0.2) is 12.6 Å². The van der Waals surface area contributed by atoms with Crippen LogP contribution < -0.4 is 15.4 Å². The van der Waals surface area contributed by atoms with E-state index in [9.17, 15) is 13.2 Å². The van der Waals surface area contributed by atoms with Crippen molar-refractivity contribution in [3.8, 4) is 5.75 Å². The van der Waals surface area contributed by atoms with Crippen LogP contribution in [0.5, 0.6) is 5.75 Å². The van der Waals surface area contributed by atoms with Crippen LogP contribution in [0.3, 0.4) is 0 Å². The van der Waals surface area contributed by atoms with Crippen molar-refractivity contribution in [3.05, 3.63) is 47.2 Å². The Morgan fingerprint density at radius 3 is 2.52 bits per heavy atom. The third-order valence-electron chi connectivity index (χ3n) is 3.46. The molecular formula is C17H22F3IN4O2. The number of benzene rings is 1. The molecule has 0 bridgehead atoms. The Balaban J connectivity index is 0.00000364. The van der Waals surface area contributed by atoms with Crippen LogP contribution in [0.15, 0.2) is 33.7 Å². The number of aliphatic imine (C=N–C) groups is 1. The number of aryl methyl sites for hydroxylation is 2. The minimum Gasteiger partial charge on any atom is -0.484 e. The summed E-state index contributed by atoms with van der Waals surface area (Å²) >= 11 is 0. The third-order valence-corrected chi connectivity index (χ3v) is 3.46. The third kappa shape index (κ3) is 8.06. The number of halogens is 4. The second kappa shape index (κ2) is 10.4. The summed E-state index contributed by atoms with van der Waals surface area (Å²) in [7, 11) is 1.62. The molecule has 0 unspecified atom stereocenters. The highest BCUT2D eigenvalue weighted by Gasteiger charge is 2.28. The van der Waals surface area contributed by atoms with Crippen LogP contribution in [-0.2, 0) is 13.1 Å². The molecule has 0 spiro atoms. The first kappa shape index (κ1) is 23.1. The number of hydrogen-bond donors (Lipinski definition) is 2. The van der Waals surface area contributed by atoms with Gasteiger partial charge in [-0.15, -0.1) is 24.0 Å². The normalized spacial score (nSPS) is 11.7. The highest BCUT2D eigenvalue weighted by Crippen LogP contribution is 2.19. The lowest BCUT2D eigenvalue weighted by molar-refractivity contribution is -0.153. The summed E-state index contributed by atoms with van der Waals surface area (Å²) in [4.78, 5) is 8.35. The molecule has 1 heterocycles. The highest BCUT2D eigenvalue weighted by molar-refractivity contribution is 14.0. The predicted octanol–water partition coefficient (Wildman–Crippen LogP) is 3.72. The van der Waals surface area contributed by atoms with Crippen LogP contribution in [0.2, 0.25) is 0 Å². The first-order chi connectivity index (χ1) is 12.3. The Bertz CT molecular complexity index is 743. The summed E-state index contributed by atoms with van der Waals surface area (Å²) in [5.74, 6) is 1.99. The maximum Gasteiger partial charge on any atom is 0.422 e. The Labute approximate surface area is 172 Å². The molecule has 10 heteroatoms. The lowest BCUT2D eigenvalue weighted by atomic mass is 10.2. The molecule has 0 saturated heterocycles. The number of hydrogen-bond acceptors (Lipinski definition) is 4. The van der Waals surface area contributed by atoms with Crippen molar-refractivity contribution in [1.82, 2.24) is 15.6 Å². The Morgan fingerprint density at radius 1 is 1.22 bits per heavy atom. The van der Waals surface area contributed by atoms with Gasteiger partial charge in [-0.2, -0.15) is 13.2 Å². The van der Waals surface area contributed by atoms with E-state index in [4.69, 9.17) is 9.15 Å². The molecule has 0 amide bonds. The van der Waals surface area contributed by atoms with Gasteiger partial charge < -0.3 is 19.8 Å². The second-order valence-corrected chi connectivity index (χ2v) is 5.58. The second-order valence-electron chi connectivity index (χ2n) is 5.58. The van der Waals surface area contributed by atoms with E-state index in [-0.39, 0.29) is 29.7 Å². The van der Waals surface area contributed by atoms with Crippen molar-refractivity contribution < 1.29 is 22.3 Å². The molecule has 2 rings (SSSR count). The van der Waals surface area contributed by atoms with Crippen LogP contribution in [0.4, 0.5) is 13.2 Å². The number of nitrogens with zero attached hydrogens (tertiary/aromatic N) is 2. The monoisotopic (exact) mass is 498 g/mol. The molecular weight excluding hydrogens is 476 g/mol. The van der Waals surface area contributed by atoms with Gasteiger partial charge in [0.05, 0.1) is 12.2 Å². The van der Waals surface area contributed by atoms with E-state index in [2.05, 4.69) is 20.6 Å². The van der Waals surface area contributed by atoms with Crippen LogP contribution >= 0.6 is 24.0 Å². The molecule has 0 aliphatic heterocycles. The average molecular weight is 498 g/mol. The molecule has 0 atom stereocenters. The standard InChI is InChI=1S/C17H21F3N4O2.HI/c1-11-12(2)26-15(24-11)9-23-16(21-3)22-8-13-5-4-6-14(7-13)25-10-17(18,19)20;/h4-7H,8-10H2,1-3H3,(H2,21,22,23);1H. The van der Waals surface area contributed by atoms with Crippen LogP contribution in [-0.4, -0.2) is 30.8 Å². The predicted molar refractivity (Wildman–Crippen MR) is 106 cm³/mol. The number of nitrogens with one attached hydrogen (secondary N) is 2. The fourth-order valence-electron chi connectivity index (χ4n) is 2.09. The molecule has 0 radical (unpaired) electrons. The average Bonchev–Trinajstić information content (AvgIpc) is 2.91. The van der Waals surface area contributed by atoms with E-state index in [1.807, 2.05) is 13.8 Å². The minimum atomic E-state index is -4.36. The number of alkyl halides is 3. The van der Waals surface area contributed by atoms with E-state index in [0.717, 1.165) is 17.0 Å². The lowest BCUT2D eigenvalue weighted by Gasteiger charge is -2.12. The zero-order valence-corrected chi connectivity index (χ0v) is 17.5. The van der Waals surface area contributed by atoms with Crippen molar-refractivity contribution in [1.29, 1.82) is 0 Å². The van der Waals surface area contributed by atoms with Gasteiger partial charge in [0.2, 0.25) is 5.89 Å². The van der Waals surface area contributed by atoms with Crippen molar-refractivity contribution in [2.24, 2.45) is 4.99 Å². The Kier molecular flexibility index (Phi) is 8.86. The van der Waals surface area contributed by atoms with Gasteiger partial charge in [0.25, 0.3) is 0 Å². The number of guanidine groups is 1. The highest BCUT2D eigenvalue weighted by atomic mass is 127. The van der Waals surface area contributed by atoms with Gasteiger partial charge >= 0.3 is 6.18 Å². The van der Waals surface area contributed by atoms with E-state index in [0.29, 0.717) is 24.9 Å². The number of rotatable bonds is 6. The molecule has 0 saturated carbocycles. The summed E-state index contributed by atoms with van der Waals surface area (Å²) in [5.41, 5.74) is 1.59. The summed E-state index contributed by atoms with van der Waals surface area (Å²) < 4.78 is 46.9. The summed E-state index contributed by atoms with van der Waals surface area (Å²) in [6, 6.07) is 6.45. The van der Waals surface area contributed by atoms with E-state index in [1.165, 1.54) is 6.07 Å². The summed E-state index contributed by atoms with van der Waals surface area (Å²) in [6.45, 7) is 3.12. The van der Waals surface area contributed by atoms with Crippen molar-refractivity contribution >= 4 is 29.9 Å². The molecule has 150 valence electrons. The Morgan fingerprint density at radius 2 is 1.93 bits per heavy atom. The molecule has 0 aliphatic carbocycles. The van der Waals surface area contributed by atoms with Gasteiger partial charge in [-0.3, -0.25) is 4.99 Å². The molecule has 0 fully saturated rings. The quantitative estimate of drug-likeness (QED) is 0.361. The lowest BCUT2D eigenvalue weighted by Crippen LogP contribution is -2.36. The van der Waals surface area contributed by atoms with Crippen LogP contribution in [0.25, 0.3) is 0 Å². The molecule has 1 aromatic heterocycles. The van der Waals surface area contributed by atoms with E-state index in [1.54, 1.807) is 25.2 Å². The largest absolute Gasteiger partial charge is 0.484 e. The first-order valence-electron chi connectivity index (χ1n) is 7.93. The molecule has 6 nitrogen and oxygen atoms in total. The van der Waals surface area contributed by atoms with Gasteiger partial charge in [-0.25, -0.2) is 4.98 Å². The molecule has 2 N–H and O–H groups in total. The number of ether oxygens (including phenoxy) is 1. The number of oxazole rings is 1. The number of aromatic nitrogens is 1. The van der Waals surface area contributed by atoms with Gasteiger partial charge in [0, 0.05) is 13.6 Å². The molecule has 0 aliphatic rings. The van der Waals surface area contributed by atoms with E-state index >= 15 is 0 Å². The SMILES string of the molecule is CN=C(NCc1cccc(OCC(F)(F)F)c1)NCc1nc(C)c(C)o1.I. The van der Waals surface area contributed by atoms with Crippen LogP contribution in [0.1, 0.15) is 22.9 Å². The minimum absolute atomic E-state index is 0. The summed E-state index contributed by atoms with van der Waals surface area (Å²) in [6.07, 6.45) is -4.36. The van der Waals surface area contributed by atoms with Crippen molar-refractivity contribution in [2.45, 2.75) is 33.1 Å². The van der Waals surface area contributed by atoms with Gasteiger partial charge in [0.1, 0.15) is 11.5 Å². The topological polar surface area (TPSA) is 71.7 Å². The zero-order valence-electron chi connectivity index (χ0n) is 15.2. The maximum atomic E-state index is 12.2. The summed E-state index contributed by atoms with van der Waals surface area (Å²) in [5, 5.41) is 6.13. The van der Waals surface area contributed by atoms with Gasteiger partial charge in [-0.05, 0) is 31.5 Å². The maximum absolute atomic E-state index is 12.2. The Hall–Kier alpha value is -1.98. The fraction of sp³-hybridized carbons (Fsp3) is 0.412. The smallest absolute Gasteiger partial charge is 0.422 e. The van der Waals surface area contributed by atoms with Crippen molar-refractivity contribution in [2.75, 3.05) is 13.7 Å². The molecule has 1 aromatic carbocycles. The van der Waals surface area contributed by atoms with Crippen molar-refractivity contribution in [3.63, 3.8) is 0 Å². The molecule has 2 aromatic rings. The molecule has 27 heavy (non-hydrogen) atoms. The van der Waals surface area contributed by atoms with Crippen LogP contribution in [0, 0.1) is 13.8 Å². The van der Waals surface area contributed by atoms with Gasteiger partial charge in [-0.1, -0.05) is 12.1 Å². The first-order valence-corrected chi connectivity index (χ1v) is 7.93.